The van der Waals surface area contributed by atoms with Crippen LogP contribution in [-0.4, -0.2) is 82.2 Å². The minimum Gasteiger partial charge on any atom is -0.383 e. The Balaban J connectivity index is 0.00000392. The molecule has 7 nitrogen and oxygen atoms in total. The van der Waals surface area contributed by atoms with E-state index >= 15 is 0 Å². The van der Waals surface area contributed by atoms with Gasteiger partial charge in [0.1, 0.15) is 6.54 Å². The van der Waals surface area contributed by atoms with Crippen molar-refractivity contribution in [2.75, 3.05) is 60.5 Å². The third-order valence-corrected chi connectivity index (χ3v) is 4.70. The summed E-state index contributed by atoms with van der Waals surface area (Å²) in [4.78, 5) is 20.4. The van der Waals surface area contributed by atoms with Crippen LogP contribution in [0.2, 0.25) is 0 Å². The van der Waals surface area contributed by atoms with E-state index in [1.807, 2.05) is 6.07 Å². The minimum absolute atomic E-state index is 0. The maximum atomic E-state index is 11.9. The van der Waals surface area contributed by atoms with Gasteiger partial charge in [-0.15, -0.1) is 24.0 Å². The number of amides is 1. The molecule has 1 fully saturated rings. The van der Waals surface area contributed by atoms with Crippen molar-refractivity contribution in [3.8, 4) is 0 Å². The number of likely N-dealkylation sites (N-methyl/N-ethyl adjacent to an activating group) is 1. The summed E-state index contributed by atoms with van der Waals surface area (Å²) in [6.45, 7) is 4.30. The molecule has 1 heterocycles. The molecule has 1 amide bonds. The van der Waals surface area contributed by atoms with Crippen molar-refractivity contribution in [2.45, 2.75) is 18.9 Å². The van der Waals surface area contributed by atoms with E-state index in [-0.39, 0.29) is 42.5 Å². The van der Waals surface area contributed by atoms with Crippen molar-refractivity contribution in [3.05, 3.63) is 35.9 Å². The van der Waals surface area contributed by atoms with Gasteiger partial charge in [-0.3, -0.25) is 9.69 Å². The first kappa shape index (κ1) is 24.6. The molecule has 0 spiro atoms. The van der Waals surface area contributed by atoms with Gasteiger partial charge in [-0.25, -0.2) is 4.99 Å². The Morgan fingerprint density at radius 1 is 1.21 bits per heavy atom. The van der Waals surface area contributed by atoms with Crippen LogP contribution in [0.4, 0.5) is 0 Å². The first-order valence-electron chi connectivity index (χ1n) is 9.62. The van der Waals surface area contributed by atoms with Gasteiger partial charge in [0.05, 0.1) is 12.6 Å². The number of aliphatic imine (C=N–C) groups is 1. The number of nitrogens with zero attached hydrogens (tertiary/aromatic N) is 3. The monoisotopic (exact) mass is 503 g/mol. The summed E-state index contributed by atoms with van der Waals surface area (Å²) in [6, 6.07) is 10.8. The molecule has 1 aromatic rings. The highest BCUT2D eigenvalue weighted by molar-refractivity contribution is 14.0. The second kappa shape index (κ2) is 13.7. The molecule has 0 bridgehead atoms. The minimum atomic E-state index is -0.0259. The third kappa shape index (κ3) is 8.32. The normalized spacial score (nSPS) is 15.6. The number of rotatable bonds is 9. The Morgan fingerprint density at radius 2 is 1.89 bits per heavy atom. The zero-order chi connectivity index (χ0) is 19.5. The fraction of sp³-hybridized carbons (Fsp3) is 0.600. The lowest BCUT2D eigenvalue weighted by Gasteiger charge is -2.29. The molecule has 1 aliphatic heterocycles. The first-order chi connectivity index (χ1) is 13.1. The Labute approximate surface area is 185 Å². The fourth-order valence-corrected chi connectivity index (χ4v) is 3.11. The van der Waals surface area contributed by atoms with Gasteiger partial charge in [-0.2, -0.15) is 0 Å². The van der Waals surface area contributed by atoms with Gasteiger partial charge in [0.2, 0.25) is 5.91 Å². The standard InChI is InChI=1S/C20H33N5O2.HI/c1-24(2)19(26)16-23-20(21-11-14-27-3)22-15-18(25-12-7-8-13-25)17-9-5-4-6-10-17;/h4-6,9-10,18H,7-8,11-16H2,1-3H3,(H2,21,22,23);1H. The Kier molecular flexibility index (Phi) is 12.1. The number of hydrogen-bond acceptors (Lipinski definition) is 4. The number of likely N-dealkylation sites (tertiary alicyclic amines) is 1. The number of carbonyl (C=O) groups excluding carboxylic acids is 1. The van der Waals surface area contributed by atoms with Crippen molar-refractivity contribution in [3.63, 3.8) is 0 Å². The predicted octanol–water partition coefficient (Wildman–Crippen LogP) is 1.71. The third-order valence-electron chi connectivity index (χ3n) is 4.70. The largest absolute Gasteiger partial charge is 0.383 e. The number of hydrogen-bond donors (Lipinski definition) is 2. The Hall–Kier alpha value is -1.39. The topological polar surface area (TPSA) is 69.2 Å². The summed E-state index contributed by atoms with van der Waals surface area (Å²) in [5, 5.41) is 6.66. The van der Waals surface area contributed by atoms with E-state index in [0.29, 0.717) is 19.1 Å². The van der Waals surface area contributed by atoms with Gasteiger partial charge >= 0.3 is 0 Å². The van der Waals surface area contributed by atoms with Crippen molar-refractivity contribution in [2.24, 2.45) is 4.99 Å². The van der Waals surface area contributed by atoms with Gasteiger partial charge in [0, 0.05) is 34.3 Å². The molecular formula is C20H34IN5O2. The van der Waals surface area contributed by atoms with Gasteiger partial charge in [0.25, 0.3) is 0 Å². The maximum Gasteiger partial charge on any atom is 0.243 e. The van der Waals surface area contributed by atoms with Crippen LogP contribution >= 0.6 is 24.0 Å². The summed E-state index contributed by atoms with van der Waals surface area (Å²) in [5.74, 6) is 0.615. The summed E-state index contributed by atoms with van der Waals surface area (Å²) < 4.78 is 5.10. The zero-order valence-corrected chi connectivity index (χ0v) is 19.5. The molecule has 28 heavy (non-hydrogen) atoms. The number of nitrogens with one attached hydrogen (secondary N) is 2. The molecule has 8 heteroatoms. The summed E-state index contributed by atoms with van der Waals surface area (Å²) in [6.07, 6.45) is 2.49. The molecule has 0 saturated carbocycles. The highest BCUT2D eigenvalue weighted by atomic mass is 127. The molecule has 1 saturated heterocycles. The SMILES string of the molecule is COCCNC(=NCC(=O)N(C)C)NCC(c1ccccc1)N1CCCC1.I. The van der Waals surface area contributed by atoms with E-state index in [1.54, 1.807) is 26.1 Å². The molecule has 0 aromatic heterocycles. The van der Waals surface area contributed by atoms with Crippen molar-refractivity contribution >= 4 is 35.8 Å². The number of ether oxygens (including phenoxy) is 1. The van der Waals surface area contributed by atoms with Crippen LogP contribution < -0.4 is 10.6 Å². The number of benzene rings is 1. The van der Waals surface area contributed by atoms with E-state index in [2.05, 4.69) is 44.8 Å². The second-order valence-electron chi connectivity index (χ2n) is 6.92. The molecule has 2 rings (SSSR count). The van der Waals surface area contributed by atoms with Gasteiger partial charge < -0.3 is 20.3 Å². The molecule has 0 aliphatic carbocycles. The number of methoxy groups -OCH3 is 1. The van der Waals surface area contributed by atoms with Crippen molar-refractivity contribution in [1.29, 1.82) is 0 Å². The lowest BCUT2D eigenvalue weighted by atomic mass is 10.1. The van der Waals surface area contributed by atoms with Gasteiger partial charge in [-0.1, -0.05) is 30.3 Å². The molecule has 1 unspecified atom stereocenters. The van der Waals surface area contributed by atoms with E-state index in [1.165, 1.54) is 18.4 Å². The number of carbonyl (C=O) groups is 1. The molecular weight excluding hydrogens is 469 g/mol. The van der Waals surface area contributed by atoms with Gasteiger partial charge in [-0.05, 0) is 31.5 Å². The molecule has 0 radical (unpaired) electrons. The maximum absolute atomic E-state index is 11.9. The van der Waals surface area contributed by atoms with Crippen LogP contribution in [0.5, 0.6) is 0 Å². The van der Waals surface area contributed by atoms with Crippen molar-refractivity contribution in [1.82, 2.24) is 20.4 Å². The number of guanidine groups is 1. The highest BCUT2D eigenvalue weighted by Crippen LogP contribution is 2.24. The lowest BCUT2D eigenvalue weighted by molar-refractivity contribution is -0.127. The number of halogens is 1. The second-order valence-corrected chi connectivity index (χ2v) is 6.92. The Morgan fingerprint density at radius 3 is 2.50 bits per heavy atom. The van der Waals surface area contributed by atoms with Crippen LogP contribution in [-0.2, 0) is 9.53 Å². The van der Waals surface area contributed by atoms with Crippen LogP contribution in [0.25, 0.3) is 0 Å². The molecule has 2 N–H and O–H groups in total. The quantitative estimate of drug-likeness (QED) is 0.233. The van der Waals surface area contributed by atoms with Crippen LogP contribution in [0, 0.1) is 0 Å². The Bertz CT molecular complexity index is 592. The summed E-state index contributed by atoms with van der Waals surface area (Å²) in [5.41, 5.74) is 1.30. The summed E-state index contributed by atoms with van der Waals surface area (Å²) >= 11 is 0. The van der Waals surface area contributed by atoms with Crippen LogP contribution in [0.1, 0.15) is 24.4 Å². The van der Waals surface area contributed by atoms with E-state index in [9.17, 15) is 4.79 Å². The molecule has 1 atom stereocenters. The highest BCUT2D eigenvalue weighted by Gasteiger charge is 2.23. The first-order valence-corrected chi connectivity index (χ1v) is 9.62. The molecule has 1 aromatic carbocycles. The van der Waals surface area contributed by atoms with Crippen LogP contribution in [0.3, 0.4) is 0 Å². The predicted molar refractivity (Wildman–Crippen MR) is 124 cm³/mol. The van der Waals surface area contributed by atoms with Crippen molar-refractivity contribution < 1.29 is 9.53 Å². The van der Waals surface area contributed by atoms with E-state index in [0.717, 1.165) is 19.6 Å². The van der Waals surface area contributed by atoms with E-state index < -0.39 is 0 Å². The molecule has 1 aliphatic rings. The lowest BCUT2D eigenvalue weighted by Crippen LogP contribution is -2.44. The molecule has 158 valence electrons. The zero-order valence-electron chi connectivity index (χ0n) is 17.2. The fourth-order valence-electron chi connectivity index (χ4n) is 3.11. The van der Waals surface area contributed by atoms with Crippen LogP contribution in [0.15, 0.2) is 35.3 Å². The summed E-state index contributed by atoms with van der Waals surface area (Å²) in [7, 11) is 5.14. The van der Waals surface area contributed by atoms with E-state index in [4.69, 9.17) is 4.74 Å². The average molecular weight is 503 g/mol. The smallest absolute Gasteiger partial charge is 0.243 e. The van der Waals surface area contributed by atoms with Gasteiger partial charge in [0.15, 0.2) is 5.96 Å². The average Bonchev–Trinajstić information content (AvgIpc) is 3.20.